The van der Waals surface area contributed by atoms with Crippen molar-refractivity contribution in [3.63, 3.8) is 0 Å². The van der Waals surface area contributed by atoms with Gasteiger partial charge in [0.05, 0.1) is 17.7 Å². The zero-order valence-corrected chi connectivity index (χ0v) is 22.8. The molecule has 1 amide bonds. The van der Waals surface area contributed by atoms with Crippen LogP contribution in [0.1, 0.15) is 11.1 Å². The number of anilines is 1. The Balaban J connectivity index is 1.73. The number of thioether (sulfide) groups is 1. The lowest BCUT2D eigenvalue weighted by Gasteiger charge is -2.26. The normalized spacial score (nSPS) is 11.2. The second kappa shape index (κ2) is 12.7. The Hall–Kier alpha value is -2.46. The van der Waals surface area contributed by atoms with Crippen molar-refractivity contribution in [2.75, 3.05) is 30.3 Å². The first-order valence-electron chi connectivity index (χ1n) is 10.8. The van der Waals surface area contributed by atoms with E-state index < -0.39 is 22.5 Å². The van der Waals surface area contributed by atoms with Crippen LogP contribution >= 0.6 is 35.0 Å². The van der Waals surface area contributed by atoms with Gasteiger partial charge in [-0.3, -0.25) is 9.10 Å². The molecule has 0 unspecified atom stereocenters. The van der Waals surface area contributed by atoms with Crippen molar-refractivity contribution in [3.8, 4) is 5.75 Å². The van der Waals surface area contributed by atoms with Gasteiger partial charge in [-0.05, 0) is 49.4 Å². The Kier molecular flexibility index (Phi) is 9.90. The van der Waals surface area contributed by atoms with Crippen molar-refractivity contribution in [1.29, 1.82) is 0 Å². The number of methoxy groups -OCH3 is 1. The van der Waals surface area contributed by atoms with Crippen molar-refractivity contribution in [2.24, 2.45) is 0 Å². The fraction of sp³-hybridized carbons (Fsp3) is 0.240. The van der Waals surface area contributed by atoms with E-state index in [0.29, 0.717) is 27.1 Å². The lowest BCUT2D eigenvalue weighted by Crippen LogP contribution is -2.41. The molecule has 192 valence electrons. The summed E-state index contributed by atoms with van der Waals surface area (Å²) in [7, 11) is -2.72. The molecule has 0 saturated carbocycles. The minimum Gasteiger partial charge on any atom is -0.495 e. The van der Waals surface area contributed by atoms with E-state index in [1.165, 1.54) is 55.3 Å². The van der Waals surface area contributed by atoms with Gasteiger partial charge in [-0.15, -0.1) is 0 Å². The van der Waals surface area contributed by atoms with Gasteiger partial charge < -0.3 is 10.1 Å². The number of halogens is 3. The summed E-state index contributed by atoms with van der Waals surface area (Å²) in [6.07, 6.45) is 0. The molecule has 0 fully saturated rings. The zero-order chi connectivity index (χ0) is 26.3. The largest absolute Gasteiger partial charge is 0.495 e. The second-order valence-corrected chi connectivity index (χ2v) is 11.6. The molecule has 3 aromatic carbocycles. The Morgan fingerprint density at radius 1 is 1.11 bits per heavy atom. The molecule has 3 rings (SSSR count). The number of hydrogen-bond acceptors (Lipinski definition) is 5. The van der Waals surface area contributed by atoms with Crippen LogP contribution in [0.4, 0.5) is 10.1 Å². The summed E-state index contributed by atoms with van der Waals surface area (Å²) in [5.74, 6) is 0.167. The Bertz CT molecular complexity index is 1300. The number of aryl methyl sites for hydroxylation is 1. The van der Waals surface area contributed by atoms with Crippen molar-refractivity contribution >= 4 is 56.6 Å². The van der Waals surface area contributed by atoms with Gasteiger partial charge in [0.2, 0.25) is 5.91 Å². The minimum atomic E-state index is -4.12. The van der Waals surface area contributed by atoms with Crippen LogP contribution in [-0.2, 0) is 20.6 Å². The molecular formula is C25H25Cl2FN2O4S2. The summed E-state index contributed by atoms with van der Waals surface area (Å²) in [6, 6.07) is 15.4. The number of rotatable bonds is 11. The van der Waals surface area contributed by atoms with E-state index in [1.54, 1.807) is 24.3 Å². The van der Waals surface area contributed by atoms with Gasteiger partial charge in [0.1, 0.15) is 18.1 Å². The molecule has 3 aromatic rings. The zero-order valence-electron chi connectivity index (χ0n) is 19.6. The first-order valence-corrected chi connectivity index (χ1v) is 14.2. The first-order chi connectivity index (χ1) is 17.1. The Morgan fingerprint density at radius 2 is 1.83 bits per heavy atom. The highest BCUT2D eigenvalue weighted by Crippen LogP contribution is 2.34. The molecule has 6 nitrogen and oxygen atoms in total. The van der Waals surface area contributed by atoms with E-state index in [2.05, 4.69) is 5.32 Å². The van der Waals surface area contributed by atoms with Crippen LogP contribution in [0.5, 0.6) is 5.75 Å². The van der Waals surface area contributed by atoms with Gasteiger partial charge in [-0.2, -0.15) is 11.8 Å². The molecule has 0 radical (unpaired) electrons. The summed E-state index contributed by atoms with van der Waals surface area (Å²) in [6.45, 7) is 1.61. The first kappa shape index (κ1) is 28.1. The summed E-state index contributed by atoms with van der Waals surface area (Å²) >= 11 is 13.6. The molecule has 0 bridgehead atoms. The monoisotopic (exact) mass is 570 g/mol. The van der Waals surface area contributed by atoms with Crippen molar-refractivity contribution in [1.82, 2.24) is 5.32 Å². The predicted molar refractivity (Wildman–Crippen MR) is 144 cm³/mol. The maximum Gasteiger partial charge on any atom is 0.264 e. The van der Waals surface area contributed by atoms with E-state index >= 15 is 0 Å². The van der Waals surface area contributed by atoms with Crippen molar-refractivity contribution in [2.45, 2.75) is 17.6 Å². The number of nitrogens with zero attached hydrogens (tertiary/aromatic N) is 1. The number of carbonyl (C=O) groups is 1. The highest BCUT2D eigenvalue weighted by Gasteiger charge is 2.29. The van der Waals surface area contributed by atoms with Gasteiger partial charge in [-0.1, -0.05) is 47.0 Å². The average molecular weight is 572 g/mol. The molecule has 0 saturated heterocycles. The summed E-state index contributed by atoms with van der Waals surface area (Å²) in [5.41, 5.74) is 1.44. The third kappa shape index (κ3) is 7.06. The Morgan fingerprint density at radius 3 is 2.50 bits per heavy atom. The van der Waals surface area contributed by atoms with Crippen LogP contribution in [0.2, 0.25) is 10.0 Å². The maximum atomic E-state index is 13.9. The summed E-state index contributed by atoms with van der Waals surface area (Å²) in [5, 5.41) is 3.35. The van der Waals surface area contributed by atoms with Crippen molar-refractivity contribution < 1.29 is 22.3 Å². The van der Waals surface area contributed by atoms with Gasteiger partial charge in [0.25, 0.3) is 10.0 Å². The van der Waals surface area contributed by atoms with Gasteiger partial charge in [-0.25, -0.2) is 12.8 Å². The number of amides is 1. The van der Waals surface area contributed by atoms with Crippen LogP contribution in [0.3, 0.4) is 0 Å². The third-order valence-corrected chi connectivity index (χ3v) is 8.53. The number of benzene rings is 3. The van der Waals surface area contributed by atoms with Crippen LogP contribution in [0.15, 0.2) is 65.6 Å². The number of hydrogen-bond donors (Lipinski definition) is 1. The summed E-state index contributed by atoms with van der Waals surface area (Å²) < 4.78 is 47.3. The maximum absolute atomic E-state index is 13.9. The highest BCUT2D eigenvalue weighted by molar-refractivity contribution is 7.98. The van der Waals surface area contributed by atoms with Crippen LogP contribution in [0.25, 0.3) is 0 Å². The molecule has 11 heteroatoms. The van der Waals surface area contributed by atoms with Gasteiger partial charge in [0, 0.05) is 33.7 Å². The third-order valence-electron chi connectivity index (χ3n) is 5.18. The molecule has 0 aliphatic carbocycles. The topological polar surface area (TPSA) is 75.7 Å². The van der Waals surface area contributed by atoms with E-state index in [4.69, 9.17) is 27.9 Å². The van der Waals surface area contributed by atoms with E-state index in [1.807, 2.05) is 6.92 Å². The number of ether oxygens (including phenoxy) is 1. The molecule has 36 heavy (non-hydrogen) atoms. The molecular weight excluding hydrogens is 546 g/mol. The molecule has 0 aliphatic rings. The molecule has 0 heterocycles. The minimum absolute atomic E-state index is 0.0280. The molecule has 0 aromatic heterocycles. The molecule has 0 spiro atoms. The summed E-state index contributed by atoms with van der Waals surface area (Å²) in [4.78, 5) is 12.8. The standard InChI is InChI=1S/C25H25Cl2FN2O4S2/c1-17-6-9-19(10-7-17)36(32,33)30(23-14-18(26)8-11-24(23)34-2)15-25(31)29-12-13-35-16-20-21(27)4-3-5-22(20)28/h3-11,14H,12-13,15-16H2,1-2H3,(H,29,31). The Labute approximate surface area is 224 Å². The quantitative estimate of drug-likeness (QED) is 0.299. The number of sulfonamides is 1. The average Bonchev–Trinajstić information content (AvgIpc) is 2.84. The van der Waals surface area contributed by atoms with Crippen LogP contribution in [-0.4, -0.2) is 40.3 Å². The number of nitrogens with one attached hydrogen (secondary N) is 1. The fourth-order valence-corrected chi connectivity index (χ4v) is 6.08. The molecule has 0 aliphatic heterocycles. The van der Waals surface area contributed by atoms with Gasteiger partial charge in [0.15, 0.2) is 0 Å². The van der Waals surface area contributed by atoms with E-state index in [0.717, 1.165) is 9.87 Å². The molecule has 0 atom stereocenters. The van der Waals surface area contributed by atoms with Crippen molar-refractivity contribution in [3.05, 3.63) is 87.7 Å². The smallest absolute Gasteiger partial charge is 0.264 e. The van der Waals surface area contributed by atoms with Crippen LogP contribution < -0.4 is 14.4 Å². The van der Waals surface area contributed by atoms with Gasteiger partial charge >= 0.3 is 0 Å². The second-order valence-electron chi connectivity index (χ2n) is 7.74. The lowest BCUT2D eigenvalue weighted by atomic mass is 10.2. The fourth-order valence-electron chi connectivity index (χ4n) is 3.29. The SMILES string of the molecule is COc1ccc(Cl)cc1N(CC(=O)NCCSCc1c(F)cccc1Cl)S(=O)(=O)c1ccc(C)cc1. The highest BCUT2D eigenvalue weighted by atomic mass is 35.5. The molecule has 1 N–H and O–H groups in total. The van der Waals surface area contributed by atoms with E-state index in [9.17, 15) is 17.6 Å². The predicted octanol–water partition coefficient (Wildman–Crippen LogP) is 5.69. The van der Waals surface area contributed by atoms with Crippen LogP contribution in [0, 0.1) is 12.7 Å². The van der Waals surface area contributed by atoms with E-state index in [-0.39, 0.29) is 28.7 Å². The number of carbonyl (C=O) groups excluding carboxylic acids is 1. The lowest BCUT2D eigenvalue weighted by molar-refractivity contribution is -0.119.